The molecule has 2 N–H and O–H groups in total. The van der Waals surface area contributed by atoms with Gasteiger partial charge >= 0.3 is 0 Å². The lowest BCUT2D eigenvalue weighted by Gasteiger charge is -2.16. The number of anilines is 1. The van der Waals surface area contributed by atoms with Crippen LogP contribution in [-0.4, -0.2) is 34.7 Å². The van der Waals surface area contributed by atoms with E-state index >= 15 is 0 Å². The minimum atomic E-state index is 0.475. The molecular weight excluding hydrogens is 276 g/mol. The van der Waals surface area contributed by atoms with Crippen molar-refractivity contribution in [3.8, 4) is 11.5 Å². The summed E-state index contributed by atoms with van der Waals surface area (Å²) >= 11 is 5.89. The van der Waals surface area contributed by atoms with Crippen LogP contribution in [0.2, 0.25) is 5.02 Å². The highest BCUT2D eigenvalue weighted by atomic mass is 35.5. The Labute approximate surface area is 123 Å². The van der Waals surface area contributed by atoms with Crippen molar-refractivity contribution in [2.24, 2.45) is 0 Å². The van der Waals surface area contributed by atoms with Gasteiger partial charge in [0, 0.05) is 18.5 Å². The van der Waals surface area contributed by atoms with Crippen molar-refractivity contribution in [2.75, 3.05) is 25.4 Å². The van der Waals surface area contributed by atoms with Crippen LogP contribution in [0.25, 0.3) is 11.5 Å². The van der Waals surface area contributed by atoms with E-state index in [9.17, 15) is 0 Å². The van der Waals surface area contributed by atoms with E-state index in [2.05, 4.69) is 28.9 Å². The Balaban J connectivity index is 2.06. The summed E-state index contributed by atoms with van der Waals surface area (Å²) in [7, 11) is 0. The van der Waals surface area contributed by atoms with Gasteiger partial charge in [-0.25, -0.2) is 0 Å². The molecule has 1 aromatic heterocycles. The molecule has 0 atom stereocenters. The van der Waals surface area contributed by atoms with E-state index in [0.29, 0.717) is 22.4 Å². The van der Waals surface area contributed by atoms with Crippen LogP contribution in [0.15, 0.2) is 22.7 Å². The summed E-state index contributed by atoms with van der Waals surface area (Å²) in [5.74, 6) is 1.18. The van der Waals surface area contributed by atoms with Crippen molar-refractivity contribution in [1.82, 2.24) is 15.0 Å². The molecule has 0 fully saturated rings. The van der Waals surface area contributed by atoms with Gasteiger partial charge in [0.25, 0.3) is 5.89 Å². The molecule has 1 heterocycles. The van der Waals surface area contributed by atoms with Crippen molar-refractivity contribution in [1.29, 1.82) is 0 Å². The van der Waals surface area contributed by atoms with Crippen molar-refractivity contribution < 1.29 is 4.52 Å². The van der Waals surface area contributed by atoms with Crippen LogP contribution >= 0.6 is 11.6 Å². The molecule has 0 aliphatic heterocycles. The molecule has 0 aliphatic rings. The maximum Gasteiger partial charge on any atom is 0.257 e. The third-order valence-corrected chi connectivity index (χ3v) is 3.60. The highest BCUT2D eigenvalue weighted by molar-refractivity contribution is 6.33. The summed E-state index contributed by atoms with van der Waals surface area (Å²) in [6, 6.07) is 5.29. The van der Waals surface area contributed by atoms with Crippen molar-refractivity contribution >= 4 is 17.3 Å². The van der Waals surface area contributed by atoms with Crippen molar-refractivity contribution in [2.45, 2.75) is 20.3 Å². The molecule has 0 saturated heterocycles. The Morgan fingerprint density at radius 2 is 2.05 bits per heavy atom. The first-order valence-electron chi connectivity index (χ1n) is 6.74. The Bertz CT molecular complexity index is 566. The molecule has 0 amide bonds. The van der Waals surface area contributed by atoms with Gasteiger partial charge in [-0.15, -0.1) is 0 Å². The average Bonchev–Trinajstić information content (AvgIpc) is 2.92. The summed E-state index contributed by atoms with van der Waals surface area (Å²) in [6.07, 6.45) is 0.772. The van der Waals surface area contributed by atoms with E-state index in [1.807, 2.05) is 6.07 Å². The minimum absolute atomic E-state index is 0.475. The zero-order valence-corrected chi connectivity index (χ0v) is 12.5. The first kappa shape index (κ1) is 14.8. The molecule has 2 rings (SSSR count). The maximum absolute atomic E-state index is 5.89. The van der Waals surface area contributed by atoms with Crippen LogP contribution < -0.4 is 5.73 Å². The van der Waals surface area contributed by atoms with Crippen LogP contribution in [0.1, 0.15) is 19.7 Å². The minimum Gasteiger partial charge on any atom is -0.398 e. The maximum atomic E-state index is 5.89. The van der Waals surface area contributed by atoms with Crippen LogP contribution in [0.5, 0.6) is 0 Å². The number of rotatable bonds is 6. The lowest BCUT2D eigenvalue weighted by Crippen LogP contribution is -2.25. The highest BCUT2D eigenvalue weighted by Crippen LogP contribution is 2.25. The predicted molar refractivity (Wildman–Crippen MR) is 80.6 cm³/mol. The molecule has 0 aliphatic carbocycles. The fourth-order valence-corrected chi connectivity index (χ4v) is 2.07. The van der Waals surface area contributed by atoms with Gasteiger partial charge in [-0.2, -0.15) is 4.98 Å². The molecule has 0 spiro atoms. The summed E-state index contributed by atoms with van der Waals surface area (Å²) in [4.78, 5) is 6.70. The molecule has 0 radical (unpaired) electrons. The second kappa shape index (κ2) is 6.72. The third kappa shape index (κ3) is 3.49. The lowest BCUT2D eigenvalue weighted by molar-refractivity contribution is 0.303. The second-order valence-corrected chi connectivity index (χ2v) is 4.94. The summed E-state index contributed by atoms with van der Waals surface area (Å²) in [6.45, 7) is 7.25. The molecule has 1 aromatic carbocycles. The van der Waals surface area contributed by atoms with Gasteiger partial charge in [0.2, 0.25) is 0 Å². The fourth-order valence-electron chi connectivity index (χ4n) is 1.95. The molecular formula is C14H19ClN4O. The van der Waals surface area contributed by atoms with Crippen LogP contribution in [0.3, 0.4) is 0 Å². The van der Waals surface area contributed by atoms with Gasteiger partial charge in [-0.05, 0) is 31.3 Å². The molecule has 0 unspecified atom stereocenters. The van der Waals surface area contributed by atoms with Gasteiger partial charge in [0.15, 0.2) is 5.82 Å². The first-order chi connectivity index (χ1) is 9.63. The number of nitrogen functional groups attached to an aromatic ring is 1. The van der Waals surface area contributed by atoms with Gasteiger partial charge < -0.3 is 15.2 Å². The van der Waals surface area contributed by atoms with Gasteiger partial charge in [-0.3, -0.25) is 0 Å². The summed E-state index contributed by atoms with van der Waals surface area (Å²) < 4.78 is 5.27. The molecule has 2 aromatic rings. The number of nitrogens with two attached hydrogens (primary N) is 1. The van der Waals surface area contributed by atoms with E-state index in [-0.39, 0.29) is 0 Å². The number of hydrogen-bond acceptors (Lipinski definition) is 5. The van der Waals surface area contributed by atoms with E-state index in [1.165, 1.54) is 0 Å². The average molecular weight is 295 g/mol. The largest absolute Gasteiger partial charge is 0.398 e. The highest BCUT2D eigenvalue weighted by Gasteiger charge is 2.11. The van der Waals surface area contributed by atoms with E-state index < -0.39 is 0 Å². The Morgan fingerprint density at radius 1 is 1.30 bits per heavy atom. The quantitative estimate of drug-likeness (QED) is 0.830. The van der Waals surface area contributed by atoms with E-state index in [1.54, 1.807) is 12.1 Å². The number of likely N-dealkylation sites (N-methyl/N-ethyl adjacent to an activating group) is 1. The van der Waals surface area contributed by atoms with Gasteiger partial charge in [-0.1, -0.05) is 30.6 Å². The van der Waals surface area contributed by atoms with Gasteiger partial charge in [0.05, 0.1) is 10.7 Å². The molecule has 5 nitrogen and oxygen atoms in total. The third-order valence-electron chi connectivity index (χ3n) is 3.26. The standard InChI is InChI=1S/C14H19ClN4O/c1-3-19(4-2)8-7-13-17-14(20-18-13)10-5-6-11(15)12(16)9-10/h5-6,9H,3-4,7-8,16H2,1-2H3. The smallest absolute Gasteiger partial charge is 0.257 e. The van der Waals surface area contributed by atoms with Crippen molar-refractivity contribution in [3.63, 3.8) is 0 Å². The number of aromatic nitrogens is 2. The normalized spacial score (nSPS) is 11.2. The molecule has 20 heavy (non-hydrogen) atoms. The molecule has 0 bridgehead atoms. The summed E-state index contributed by atoms with van der Waals surface area (Å²) in [5, 5.41) is 4.52. The number of benzene rings is 1. The Hall–Kier alpha value is -1.59. The Kier molecular flexibility index (Phi) is 4.98. The van der Waals surface area contributed by atoms with Crippen molar-refractivity contribution in [3.05, 3.63) is 29.0 Å². The fraction of sp³-hybridized carbons (Fsp3) is 0.429. The van der Waals surface area contributed by atoms with Crippen LogP contribution in [0, 0.1) is 0 Å². The molecule has 6 heteroatoms. The van der Waals surface area contributed by atoms with E-state index in [0.717, 1.165) is 31.6 Å². The molecule has 0 saturated carbocycles. The molecule has 108 valence electrons. The second-order valence-electron chi connectivity index (χ2n) is 4.53. The first-order valence-corrected chi connectivity index (χ1v) is 7.12. The van der Waals surface area contributed by atoms with Crippen LogP contribution in [-0.2, 0) is 6.42 Å². The number of hydrogen-bond donors (Lipinski definition) is 1. The predicted octanol–water partition coefficient (Wildman–Crippen LogP) is 2.86. The SMILES string of the molecule is CCN(CC)CCc1noc(-c2ccc(Cl)c(N)c2)n1. The monoisotopic (exact) mass is 294 g/mol. The zero-order valence-electron chi connectivity index (χ0n) is 11.8. The Morgan fingerprint density at radius 3 is 2.70 bits per heavy atom. The topological polar surface area (TPSA) is 68.2 Å². The van der Waals surface area contributed by atoms with Crippen LogP contribution in [0.4, 0.5) is 5.69 Å². The van der Waals surface area contributed by atoms with Gasteiger partial charge in [0.1, 0.15) is 0 Å². The summed E-state index contributed by atoms with van der Waals surface area (Å²) in [5.41, 5.74) is 7.06. The number of halogens is 1. The van der Waals surface area contributed by atoms with E-state index in [4.69, 9.17) is 21.9 Å². The zero-order chi connectivity index (χ0) is 14.5. The lowest BCUT2D eigenvalue weighted by atomic mass is 10.2. The number of nitrogens with zero attached hydrogens (tertiary/aromatic N) is 3.